The first kappa shape index (κ1) is 8.40. The van der Waals surface area contributed by atoms with Gasteiger partial charge in [-0.05, 0) is 0 Å². The Hall–Kier alpha value is 0.400. The van der Waals surface area contributed by atoms with Crippen LogP contribution in [0.5, 0.6) is 0 Å². The summed E-state index contributed by atoms with van der Waals surface area (Å²) in [6, 6.07) is 0. The summed E-state index contributed by atoms with van der Waals surface area (Å²) in [5.74, 6) is -1.66. The summed E-state index contributed by atoms with van der Waals surface area (Å²) in [6.45, 7) is 0. The molecule has 0 radical (unpaired) electrons. The van der Waals surface area contributed by atoms with Gasteiger partial charge in [0, 0.05) is 0 Å². The van der Waals surface area contributed by atoms with E-state index < -0.39 is 9.76 Å². The standard InChI is InChI=1S/C2Cl3F2N/c3-2(4,5)1(6)8-7. The minimum absolute atomic E-state index is 1.51. The number of halogens is 5. The maximum Gasteiger partial charge on any atom is 0.271 e. The average molecular weight is 182 g/mol. The zero-order chi connectivity index (χ0) is 6.78. The van der Waals surface area contributed by atoms with Gasteiger partial charge in [-0.1, -0.05) is 44.5 Å². The van der Waals surface area contributed by atoms with Crippen molar-refractivity contribution in [3.63, 3.8) is 0 Å². The molecule has 0 saturated carbocycles. The fourth-order valence-electron chi connectivity index (χ4n) is 0.0479. The second kappa shape index (κ2) is 2.80. The molecule has 0 saturated heterocycles. The average Bonchev–Trinajstić information content (AvgIpc) is 1.62. The first-order chi connectivity index (χ1) is 3.48. The number of rotatable bonds is 0. The van der Waals surface area contributed by atoms with Crippen LogP contribution in [0.4, 0.5) is 8.87 Å². The van der Waals surface area contributed by atoms with E-state index in [1.807, 2.05) is 0 Å². The highest BCUT2D eigenvalue weighted by Crippen LogP contribution is 2.28. The summed E-state index contributed by atoms with van der Waals surface area (Å²) in [5.41, 5.74) is 0. The Labute approximate surface area is 59.2 Å². The van der Waals surface area contributed by atoms with Gasteiger partial charge in [0.25, 0.3) is 9.76 Å². The van der Waals surface area contributed by atoms with Crippen LogP contribution >= 0.6 is 34.8 Å². The Morgan fingerprint density at radius 3 is 1.75 bits per heavy atom. The number of alkyl halides is 3. The van der Waals surface area contributed by atoms with E-state index in [0.717, 1.165) is 0 Å². The van der Waals surface area contributed by atoms with Gasteiger partial charge >= 0.3 is 0 Å². The lowest BCUT2D eigenvalue weighted by Crippen LogP contribution is -2.12. The van der Waals surface area contributed by atoms with Crippen LogP contribution in [0.15, 0.2) is 5.21 Å². The van der Waals surface area contributed by atoms with Gasteiger partial charge in [-0.2, -0.15) is 4.39 Å². The number of hydrogen-bond acceptors (Lipinski definition) is 1. The molecule has 1 nitrogen and oxygen atoms in total. The van der Waals surface area contributed by atoms with Crippen molar-refractivity contribution in [2.75, 3.05) is 0 Å². The van der Waals surface area contributed by atoms with Crippen LogP contribution in [0.2, 0.25) is 0 Å². The highest BCUT2D eigenvalue weighted by Gasteiger charge is 2.28. The normalized spacial score (nSPS) is 14.4. The smallest absolute Gasteiger partial charge is 0.182 e. The topological polar surface area (TPSA) is 12.4 Å². The van der Waals surface area contributed by atoms with Crippen LogP contribution in [0.3, 0.4) is 0 Å². The number of hydrogen-bond donors (Lipinski definition) is 0. The molecular formula is C2Cl3F2N. The second-order valence-electron chi connectivity index (χ2n) is 0.873. The van der Waals surface area contributed by atoms with Crippen LogP contribution in [-0.4, -0.2) is 9.76 Å². The van der Waals surface area contributed by atoms with E-state index in [9.17, 15) is 8.87 Å². The van der Waals surface area contributed by atoms with Crippen molar-refractivity contribution < 1.29 is 8.87 Å². The van der Waals surface area contributed by atoms with E-state index >= 15 is 0 Å². The molecule has 0 aromatic rings. The Morgan fingerprint density at radius 2 is 1.75 bits per heavy atom. The fourth-order valence-corrected chi connectivity index (χ4v) is 0.144. The summed E-state index contributed by atoms with van der Waals surface area (Å²) < 4.78 is 20.1. The molecule has 0 aliphatic rings. The summed E-state index contributed by atoms with van der Waals surface area (Å²) in [6.07, 6.45) is 0. The Kier molecular flexibility index (Phi) is 2.94. The maximum absolute atomic E-state index is 11.6. The Morgan fingerprint density at radius 1 is 1.38 bits per heavy atom. The molecule has 0 aromatic heterocycles. The van der Waals surface area contributed by atoms with Gasteiger partial charge < -0.3 is 0 Å². The van der Waals surface area contributed by atoms with Gasteiger partial charge in [0.05, 0.1) is 0 Å². The fraction of sp³-hybridized carbons (Fsp3) is 0.500. The Bertz CT molecular complexity index is 106. The molecule has 48 valence electrons. The van der Waals surface area contributed by atoms with Crippen molar-refractivity contribution in [1.29, 1.82) is 0 Å². The lowest BCUT2D eigenvalue weighted by molar-refractivity contribution is 0.515. The molecule has 0 aliphatic heterocycles. The molecule has 0 atom stereocenters. The Balaban J connectivity index is 4.03. The van der Waals surface area contributed by atoms with Crippen LogP contribution in [0, 0.1) is 0 Å². The zero-order valence-corrected chi connectivity index (χ0v) is 5.60. The van der Waals surface area contributed by atoms with Gasteiger partial charge in [0.2, 0.25) is 0 Å². The SMILES string of the molecule is FN=C(F)C(Cl)(Cl)Cl. The highest BCUT2D eigenvalue weighted by molar-refractivity contribution is 6.76. The molecule has 0 aromatic carbocycles. The highest BCUT2D eigenvalue weighted by atomic mass is 35.6. The molecule has 0 heterocycles. The minimum atomic E-state index is -2.37. The molecule has 8 heavy (non-hydrogen) atoms. The predicted octanol–water partition coefficient (Wildman–Crippen LogP) is 2.61. The summed E-state index contributed by atoms with van der Waals surface area (Å²) in [5, 5.41) is 1.51. The van der Waals surface area contributed by atoms with Gasteiger partial charge in [-0.15, -0.1) is 0 Å². The molecule has 0 aliphatic carbocycles. The first-order valence-electron chi connectivity index (χ1n) is 1.40. The van der Waals surface area contributed by atoms with Gasteiger partial charge in [0.1, 0.15) is 0 Å². The minimum Gasteiger partial charge on any atom is -0.182 e. The molecule has 0 spiro atoms. The summed E-state index contributed by atoms with van der Waals surface area (Å²) in [4.78, 5) is 0. The quantitative estimate of drug-likeness (QED) is 0.403. The van der Waals surface area contributed by atoms with Gasteiger partial charge in [0.15, 0.2) is 0 Å². The molecular weight excluding hydrogens is 182 g/mol. The summed E-state index contributed by atoms with van der Waals surface area (Å²) >= 11 is 14.3. The van der Waals surface area contributed by atoms with Crippen LogP contribution in [0.25, 0.3) is 0 Å². The molecule has 0 amide bonds. The number of nitrogens with zero attached hydrogens (tertiary/aromatic N) is 1. The van der Waals surface area contributed by atoms with Crippen molar-refractivity contribution in [1.82, 2.24) is 0 Å². The van der Waals surface area contributed by atoms with E-state index in [1.54, 1.807) is 0 Å². The molecule has 0 rings (SSSR count). The molecule has 0 fully saturated rings. The molecule has 0 unspecified atom stereocenters. The van der Waals surface area contributed by atoms with Gasteiger partial charge in [-0.25, -0.2) is 0 Å². The van der Waals surface area contributed by atoms with E-state index in [0.29, 0.717) is 0 Å². The summed E-state index contributed by atoms with van der Waals surface area (Å²) in [7, 11) is 0. The van der Waals surface area contributed by atoms with E-state index in [4.69, 9.17) is 34.8 Å². The van der Waals surface area contributed by atoms with Crippen molar-refractivity contribution in [3.05, 3.63) is 0 Å². The molecule has 6 heteroatoms. The van der Waals surface area contributed by atoms with E-state index in [2.05, 4.69) is 0 Å². The first-order valence-corrected chi connectivity index (χ1v) is 2.53. The van der Waals surface area contributed by atoms with Crippen LogP contribution in [-0.2, 0) is 0 Å². The van der Waals surface area contributed by atoms with Crippen LogP contribution in [0.1, 0.15) is 0 Å². The van der Waals surface area contributed by atoms with Crippen molar-refractivity contribution in [2.45, 2.75) is 3.79 Å². The lowest BCUT2D eigenvalue weighted by Gasteiger charge is -2.01. The maximum atomic E-state index is 11.6. The van der Waals surface area contributed by atoms with E-state index in [1.165, 1.54) is 5.21 Å². The van der Waals surface area contributed by atoms with Crippen LogP contribution < -0.4 is 0 Å². The van der Waals surface area contributed by atoms with Gasteiger partial charge in [-0.3, -0.25) is 0 Å². The second-order valence-corrected chi connectivity index (χ2v) is 3.15. The molecule has 0 bridgehead atoms. The molecule has 0 N–H and O–H groups in total. The third kappa shape index (κ3) is 2.64. The third-order valence-electron chi connectivity index (χ3n) is 0.308. The monoisotopic (exact) mass is 181 g/mol. The van der Waals surface area contributed by atoms with Crippen molar-refractivity contribution in [3.8, 4) is 0 Å². The predicted molar refractivity (Wildman–Crippen MR) is 29.9 cm³/mol. The van der Waals surface area contributed by atoms with E-state index in [-0.39, 0.29) is 0 Å². The van der Waals surface area contributed by atoms with Crippen molar-refractivity contribution >= 4 is 40.8 Å². The largest absolute Gasteiger partial charge is 0.271 e. The third-order valence-corrected chi connectivity index (χ3v) is 0.776. The van der Waals surface area contributed by atoms with Crippen molar-refractivity contribution in [2.24, 2.45) is 5.21 Å². The zero-order valence-electron chi connectivity index (χ0n) is 3.34. The lowest BCUT2D eigenvalue weighted by atomic mass is 10.8.